The highest BCUT2D eigenvalue weighted by molar-refractivity contribution is 5.93. The Morgan fingerprint density at radius 1 is 1.50 bits per heavy atom. The Bertz CT molecular complexity index is 491. The molecule has 1 aliphatic carbocycles. The van der Waals surface area contributed by atoms with E-state index in [0.717, 1.165) is 12.8 Å². The summed E-state index contributed by atoms with van der Waals surface area (Å²) in [7, 11) is 1.52. The Hall–Kier alpha value is -1.89. The van der Waals surface area contributed by atoms with Crippen LogP contribution in [0.5, 0.6) is 0 Å². The molecule has 1 aromatic rings. The number of ether oxygens (including phenoxy) is 1. The molecule has 7 heteroatoms. The monoisotopic (exact) mass is 282 g/mol. The number of hydrogen-bond acceptors (Lipinski definition) is 5. The molecule has 2 N–H and O–H groups in total. The largest absolute Gasteiger partial charge is 0.481 e. The van der Waals surface area contributed by atoms with Crippen LogP contribution in [0.15, 0.2) is 10.6 Å². The zero-order chi connectivity index (χ0) is 14.6. The lowest BCUT2D eigenvalue weighted by Crippen LogP contribution is -2.47. The van der Waals surface area contributed by atoms with Gasteiger partial charge in [0.2, 0.25) is 0 Å². The first kappa shape index (κ1) is 14.5. The van der Waals surface area contributed by atoms with E-state index < -0.39 is 17.4 Å². The normalized spacial score (nSPS) is 17.1. The number of carbonyl (C=O) groups excluding carboxylic acids is 1. The van der Waals surface area contributed by atoms with Crippen LogP contribution in [0.1, 0.15) is 48.4 Å². The number of rotatable bonds is 6. The molecule has 7 nitrogen and oxygen atoms in total. The third-order valence-electron chi connectivity index (χ3n) is 3.51. The molecule has 0 radical (unpaired) electrons. The van der Waals surface area contributed by atoms with Gasteiger partial charge in [0, 0.05) is 13.2 Å². The molecule has 0 aromatic carbocycles. The van der Waals surface area contributed by atoms with Crippen LogP contribution in [0, 0.1) is 0 Å². The number of carbonyl (C=O) groups is 2. The smallest absolute Gasteiger partial charge is 0.305 e. The van der Waals surface area contributed by atoms with E-state index in [2.05, 4.69) is 10.5 Å². The average molecular weight is 282 g/mol. The summed E-state index contributed by atoms with van der Waals surface area (Å²) in [5.74, 6) is -0.858. The lowest BCUT2D eigenvalue weighted by molar-refractivity contribution is -0.138. The molecule has 1 aromatic heterocycles. The quantitative estimate of drug-likeness (QED) is 0.816. The molecule has 0 unspecified atom stereocenters. The topological polar surface area (TPSA) is 102 Å². The number of hydrogen-bond donors (Lipinski definition) is 2. The van der Waals surface area contributed by atoms with Crippen LogP contribution in [0.3, 0.4) is 0 Å². The number of nitrogens with zero attached hydrogens (tertiary/aromatic N) is 1. The summed E-state index contributed by atoms with van der Waals surface area (Å²) in [6, 6.07) is 1.50. The SMILES string of the molecule is COCc1cc(C(=O)NC2(CC(=O)O)CCCC2)no1. The minimum atomic E-state index is -0.910. The third kappa shape index (κ3) is 3.36. The first-order chi connectivity index (χ1) is 9.54. The maximum atomic E-state index is 12.1. The number of amides is 1. The van der Waals surface area contributed by atoms with Crippen molar-refractivity contribution in [2.75, 3.05) is 7.11 Å². The zero-order valence-corrected chi connectivity index (χ0v) is 11.3. The van der Waals surface area contributed by atoms with Crippen LogP contribution < -0.4 is 5.32 Å². The van der Waals surface area contributed by atoms with Gasteiger partial charge in [0.05, 0.1) is 12.0 Å². The van der Waals surface area contributed by atoms with E-state index in [-0.39, 0.29) is 18.7 Å². The maximum absolute atomic E-state index is 12.1. The van der Waals surface area contributed by atoms with Gasteiger partial charge < -0.3 is 19.7 Å². The second kappa shape index (κ2) is 6.04. The average Bonchev–Trinajstić information content (AvgIpc) is 2.98. The highest BCUT2D eigenvalue weighted by Gasteiger charge is 2.38. The molecular formula is C13H18N2O5. The summed E-state index contributed by atoms with van der Waals surface area (Å²) in [4.78, 5) is 23.1. The minimum absolute atomic E-state index is 0.0679. The lowest BCUT2D eigenvalue weighted by atomic mass is 9.93. The van der Waals surface area contributed by atoms with E-state index in [4.69, 9.17) is 14.4 Å². The number of nitrogens with one attached hydrogen (secondary N) is 1. The van der Waals surface area contributed by atoms with Crippen LogP contribution in [-0.4, -0.2) is 34.8 Å². The van der Waals surface area contributed by atoms with Gasteiger partial charge >= 0.3 is 5.97 Å². The van der Waals surface area contributed by atoms with E-state index in [1.807, 2.05) is 0 Å². The third-order valence-corrected chi connectivity index (χ3v) is 3.51. The van der Waals surface area contributed by atoms with Gasteiger partial charge in [-0.1, -0.05) is 18.0 Å². The summed E-state index contributed by atoms with van der Waals surface area (Å²) in [6.07, 6.45) is 3.12. The second-order valence-corrected chi connectivity index (χ2v) is 5.12. The number of aromatic nitrogens is 1. The molecule has 2 rings (SSSR count). The highest BCUT2D eigenvalue weighted by Crippen LogP contribution is 2.32. The van der Waals surface area contributed by atoms with Crippen molar-refractivity contribution in [1.82, 2.24) is 10.5 Å². The van der Waals surface area contributed by atoms with Crippen molar-refractivity contribution in [2.45, 2.75) is 44.2 Å². The van der Waals surface area contributed by atoms with Crippen molar-refractivity contribution in [3.8, 4) is 0 Å². The van der Waals surface area contributed by atoms with Crippen molar-refractivity contribution in [3.05, 3.63) is 17.5 Å². The number of carboxylic acid groups (broad SMARTS) is 1. The Morgan fingerprint density at radius 2 is 2.20 bits per heavy atom. The fraction of sp³-hybridized carbons (Fsp3) is 0.615. The van der Waals surface area contributed by atoms with Crippen LogP contribution >= 0.6 is 0 Å². The second-order valence-electron chi connectivity index (χ2n) is 5.12. The van der Waals surface area contributed by atoms with Gasteiger partial charge in [-0.05, 0) is 12.8 Å². The summed E-state index contributed by atoms with van der Waals surface area (Å²) in [5, 5.41) is 15.5. The fourth-order valence-corrected chi connectivity index (χ4v) is 2.62. The van der Waals surface area contributed by atoms with Crippen molar-refractivity contribution in [2.24, 2.45) is 0 Å². The van der Waals surface area contributed by atoms with Crippen LogP contribution in [0.2, 0.25) is 0 Å². The molecule has 0 spiro atoms. The van der Waals surface area contributed by atoms with Crippen molar-refractivity contribution in [1.29, 1.82) is 0 Å². The molecule has 0 bridgehead atoms. The van der Waals surface area contributed by atoms with Crippen LogP contribution in [0.25, 0.3) is 0 Å². The molecule has 0 saturated heterocycles. The van der Waals surface area contributed by atoms with E-state index in [0.29, 0.717) is 18.6 Å². The summed E-state index contributed by atoms with van der Waals surface area (Å²) < 4.78 is 9.84. The predicted octanol–water partition coefficient (Wildman–Crippen LogP) is 1.34. The molecule has 0 aliphatic heterocycles. The number of methoxy groups -OCH3 is 1. The minimum Gasteiger partial charge on any atom is -0.481 e. The summed E-state index contributed by atoms with van der Waals surface area (Å²) in [6.45, 7) is 0.237. The van der Waals surface area contributed by atoms with E-state index >= 15 is 0 Å². The molecule has 1 amide bonds. The van der Waals surface area contributed by atoms with Gasteiger partial charge in [0.25, 0.3) is 5.91 Å². The number of aliphatic carboxylic acids is 1. The van der Waals surface area contributed by atoms with Crippen molar-refractivity contribution >= 4 is 11.9 Å². The molecule has 1 saturated carbocycles. The van der Waals surface area contributed by atoms with Crippen LogP contribution in [0.4, 0.5) is 0 Å². The Balaban J connectivity index is 2.05. The van der Waals surface area contributed by atoms with E-state index in [1.165, 1.54) is 13.2 Å². The Kier molecular flexibility index (Phi) is 4.39. The fourth-order valence-electron chi connectivity index (χ4n) is 2.62. The Labute approximate surface area is 116 Å². The Morgan fingerprint density at radius 3 is 2.80 bits per heavy atom. The highest BCUT2D eigenvalue weighted by atomic mass is 16.5. The molecule has 0 atom stereocenters. The molecule has 20 heavy (non-hydrogen) atoms. The molecule has 1 heterocycles. The van der Waals surface area contributed by atoms with Gasteiger partial charge in [0.15, 0.2) is 11.5 Å². The zero-order valence-electron chi connectivity index (χ0n) is 11.3. The van der Waals surface area contributed by atoms with Gasteiger partial charge in [-0.2, -0.15) is 0 Å². The van der Waals surface area contributed by atoms with Gasteiger partial charge in [0.1, 0.15) is 6.61 Å². The molecule has 110 valence electrons. The standard InChI is InChI=1S/C13H18N2O5/c1-19-8-9-6-10(15-20-9)12(18)14-13(7-11(16)17)4-2-3-5-13/h6H,2-5,7-8H2,1H3,(H,14,18)(H,16,17). The number of carboxylic acids is 1. The molecule has 1 aliphatic rings. The van der Waals surface area contributed by atoms with Crippen molar-refractivity contribution in [3.63, 3.8) is 0 Å². The lowest BCUT2D eigenvalue weighted by Gasteiger charge is -2.28. The summed E-state index contributed by atoms with van der Waals surface area (Å²) >= 11 is 0. The first-order valence-corrected chi connectivity index (χ1v) is 6.53. The van der Waals surface area contributed by atoms with Crippen molar-refractivity contribution < 1.29 is 24.0 Å². The predicted molar refractivity (Wildman–Crippen MR) is 68.1 cm³/mol. The molecule has 1 fully saturated rings. The van der Waals surface area contributed by atoms with Crippen LogP contribution in [-0.2, 0) is 16.1 Å². The van der Waals surface area contributed by atoms with E-state index in [1.54, 1.807) is 0 Å². The van der Waals surface area contributed by atoms with Gasteiger partial charge in [-0.3, -0.25) is 9.59 Å². The first-order valence-electron chi connectivity index (χ1n) is 6.53. The summed E-state index contributed by atoms with van der Waals surface area (Å²) in [5.41, 5.74) is -0.516. The van der Waals surface area contributed by atoms with E-state index in [9.17, 15) is 9.59 Å². The van der Waals surface area contributed by atoms with Gasteiger partial charge in [-0.25, -0.2) is 0 Å². The molecular weight excluding hydrogens is 264 g/mol. The maximum Gasteiger partial charge on any atom is 0.305 e. The van der Waals surface area contributed by atoms with Gasteiger partial charge in [-0.15, -0.1) is 0 Å².